The molecule has 1 saturated heterocycles. The van der Waals surface area contributed by atoms with Gasteiger partial charge in [0, 0.05) is 60.9 Å². The first-order valence-electron chi connectivity index (χ1n) is 15.0. The molecule has 9 heteroatoms. The molecule has 0 spiro atoms. The highest BCUT2D eigenvalue weighted by Crippen LogP contribution is 2.29. The van der Waals surface area contributed by atoms with Gasteiger partial charge in [0.15, 0.2) is 5.82 Å². The predicted molar refractivity (Wildman–Crippen MR) is 176 cm³/mol. The van der Waals surface area contributed by atoms with Gasteiger partial charge >= 0.3 is 0 Å². The van der Waals surface area contributed by atoms with E-state index < -0.39 is 0 Å². The van der Waals surface area contributed by atoms with Gasteiger partial charge in [-0.1, -0.05) is 45.0 Å². The van der Waals surface area contributed by atoms with Crippen LogP contribution in [0, 0.1) is 6.92 Å². The summed E-state index contributed by atoms with van der Waals surface area (Å²) in [5, 5.41) is 9.48. The maximum absolute atomic E-state index is 13.1. The van der Waals surface area contributed by atoms with E-state index in [-0.39, 0.29) is 28.6 Å². The number of carbonyl (C=O) groups excluding carboxylic acids is 2. The van der Waals surface area contributed by atoms with Crippen LogP contribution in [0.3, 0.4) is 0 Å². The van der Waals surface area contributed by atoms with Crippen LogP contribution in [0.15, 0.2) is 77.7 Å². The third-order valence-corrected chi connectivity index (χ3v) is 7.96. The fraction of sp³-hybridized carbons (Fsp3) is 0.314. The second-order valence-electron chi connectivity index (χ2n) is 12.2. The lowest BCUT2D eigenvalue weighted by molar-refractivity contribution is 0.0766. The highest BCUT2D eigenvalue weighted by molar-refractivity contribution is 6.05. The third kappa shape index (κ3) is 6.89. The van der Waals surface area contributed by atoms with Crippen molar-refractivity contribution >= 4 is 29.0 Å². The largest absolute Gasteiger partial charge is 0.337 e. The van der Waals surface area contributed by atoms with Crippen molar-refractivity contribution in [3.05, 3.63) is 106 Å². The Bertz CT molecular complexity index is 1710. The van der Waals surface area contributed by atoms with E-state index in [1.807, 2.05) is 54.3 Å². The fourth-order valence-electron chi connectivity index (χ4n) is 5.25. The molecule has 0 radical (unpaired) electrons. The van der Waals surface area contributed by atoms with E-state index in [0.717, 1.165) is 42.7 Å². The van der Waals surface area contributed by atoms with Gasteiger partial charge in [-0.15, -0.1) is 0 Å². The summed E-state index contributed by atoms with van der Waals surface area (Å²) in [6.45, 7) is 11.4. The van der Waals surface area contributed by atoms with E-state index >= 15 is 0 Å². The SMILES string of the molecule is Cc1c(NC(=O)c2ccc(C(C)(C)C)cc2)cccc1-c1cn(C)c(=O)c(Nc2ccc(C(=O)N3CCCNCC3)cc2)n1. The second kappa shape index (κ2) is 12.9. The summed E-state index contributed by atoms with van der Waals surface area (Å²) in [4.78, 5) is 45.6. The first-order chi connectivity index (χ1) is 21.0. The molecular weight excluding hydrogens is 552 g/mol. The molecule has 0 unspecified atom stereocenters. The molecule has 44 heavy (non-hydrogen) atoms. The minimum Gasteiger partial charge on any atom is -0.337 e. The molecular formula is C35H40N6O3. The highest BCUT2D eigenvalue weighted by atomic mass is 16.2. The molecule has 3 N–H and O–H groups in total. The summed E-state index contributed by atoms with van der Waals surface area (Å²) in [5.74, 6) is -0.0352. The van der Waals surface area contributed by atoms with Crippen LogP contribution in [0.2, 0.25) is 0 Å². The van der Waals surface area contributed by atoms with Gasteiger partial charge in [0.25, 0.3) is 17.4 Å². The summed E-state index contributed by atoms with van der Waals surface area (Å²) in [6.07, 6.45) is 2.61. The lowest BCUT2D eigenvalue weighted by Crippen LogP contribution is -2.34. The van der Waals surface area contributed by atoms with Gasteiger partial charge in [-0.2, -0.15) is 0 Å². The van der Waals surface area contributed by atoms with Gasteiger partial charge in [-0.25, -0.2) is 4.98 Å². The zero-order valence-electron chi connectivity index (χ0n) is 26.0. The van der Waals surface area contributed by atoms with Gasteiger partial charge in [-0.3, -0.25) is 14.4 Å². The van der Waals surface area contributed by atoms with Crippen molar-refractivity contribution in [3.8, 4) is 11.3 Å². The Morgan fingerprint density at radius 1 is 0.909 bits per heavy atom. The van der Waals surface area contributed by atoms with Crippen LogP contribution in [0.4, 0.5) is 17.2 Å². The van der Waals surface area contributed by atoms with Gasteiger partial charge in [0.05, 0.1) is 5.69 Å². The van der Waals surface area contributed by atoms with Crippen LogP contribution in [0.5, 0.6) is 0 Å². The molecule has 0 bridgehead atoms. The smallest absolute Gasteiger partial charge is 0.293 e. The van der Waals surface area contributed by atoms with Crippen LogP contribution in [0.25, 0.3) is 11.3 Å². The Balaban J connectivity index is 1.35. The Kier molecular flexibility index (Phi) is 8.96. The Labute approximate surface area is 258 Å². The average Bonchev–Trinajstić information content (AvgIpc) is 3.30. The van der Waals surface area contributed by atoms with Gasteiger partial charge in [-0.05, 0) is 78.9 Å². The summed E-state index contributed by atoms with van der Waals surface area (Å²) >= 11 is 0. The van der Waals surface area contributed by atoms with Crippen molar-refractivity contribution in [2.75, 3.05) is 36.8 Å². The van der Waals surface area contributed by atoms with E-state index in [1.165, 1.54) is 4.57 Å². The lowest BCUT2D eigenvalue weighted by atomic mass is 9.86. The molecule has 5 rings (SSSR count). The number of amides is 2. The van der Waals surface area contributed by atoms with Crippen molar-refractivity contribution in [1.29, 1.82) is 0 Å². The maximum atomic E-state index is 13.1. The molecule has 1 aromatic heterocycles. The van der Waals surface area contributed by atoms with Crippen molar-refractivity contribution in [3.63, 3.8) is 0 Å². The highest BCUT2D eigenvalue weighted by Gasteiger charge is 2.19. The number of aromatic nitrogens is 2. The van der Waals surface area contributed by atoms with E-state index in [4.69, 9.17) is 0 Å². The normalized spacial score (nSPS) is 13.7. The minimum atomic E-state index is -0.285. The first kappa shape index (κ1) is 30.7. The minimum absolute atomic E-state index is 0.000608. The number of hydrogen-bond donors (Lipinski definition) is 3. The molecule has 1 aliphatic rings. The number of aryl methyl sites for hydroxylation is 1. The van der Waals surface area contributed by atoms with E-state index in [0.29, 0.717) is 34.7 Å². The predicted octanol–water partition coefficient (Wildman–Crippen LogP) is 5.48. The zero-order valence-corrected chi connectivity index (χ0v) is 26.0. The number of nitrogens with one attached hydrogen (secondary N) is 3. The van der Waals surface area contributed by atoms with Crippen molar-refractivity contribution in [2.45, 2.75) is 39.5 Å². The third-order valence-electron chi connectivity index (χ3n) is 7.96. The molecule has 9 nitrogen and oxygen atoms in total. The lowest BCUT2D eigenvalue weighted by Gasteiger charge is -2.20. The molecule has 228 valence electrons. The summed E-state index contributed by atoms with van der Waals surface area (Å²) in [5.41, 5.74) is 5.57. The van der Waals surface area contributed by atoms with Crippen LogP contribution < -0.4 is 21.5 Å². The number of hydrogen-bond acceptors (Lipinski definition) is 6. The summed E-state index contributed by atoms with van der Waals surface area (Å²) in [7, 11) is 1.68. The maximum Gasteiger partial charge on any atom is 0.293 e. The molecule has 3 aromatic carbocycles. The average molecular weight is 593 g/mol. The number of benzene rings is 3. The molecule has 0 atom stereocenters. The molecule has 2 amide bonds. The first-order valence-corrected chi connectivity index (χ1v) is 15.0. The Morgan fingerprint density at radius 3 is 2.32 bits per heavy atom. The van der Waals surface area contributed by atoms with Crippen LogP contribution >= 0.6 is 0 Å². The fourth-order valence-corrected chi connectivity index (χ4v) is 5.25. The molecule has 2 heterocycles. The molecule has 0 saturated carbocycles. The van der Waals surface area contributed by atoms with Gasteiger partial charge in [0.2, 0.25) is 0 Å². The van der Waals surface area contributed by atoms with Gasteiger partial charge in [0.1, 0.15) is 0 Å². The van der Waals surface area contributed by atoms with E-state index in [2.05, 4.69) is 41.7 Å². The quantitative estimate of drug-likeness (QED) is 0.274. The number of rotatable bonds is 6. The van der Waals surface area contributed by atoms with Crippen LogP contribution in [-0.2, 0) is 12.5 Å². The Morgan fingerprint density at radius 2 is 1.61 bits per heavy atom. The topological polar surface area (TPSA) is 108 Å². The molecule has 0 aliphatic carbocycles. The standard InChI is InChI=1S/C35H40N6O3/c1-23-28(8-6-9-29(23)39-32(42)24-10-14-26(15-11-24)35(2,3)4)30-22-40(5)34(44)31(38-30)37-27-16-12-25(13-17-27)33(43)41-20-7-18-36-19-21-41/h6,8-17,22,36H,7,18-21H2,1-5H3,(H,37,38)(H,39,42). The van der Waals surface area contributed by atoms with Gasteiger partial charge < -0.3 is 25.4 Å². The zero-order chi connectivity index (χ0) is 31.4. The van der Waals surface area contributed by atoms with E-state index in [9.17, 15) is 14.4 Å². The molecule has 1 aliphatic heterocycles. The van der Waals surface area contributed by atoms with Crippen LogP contribution in [0.1, 0.15) is 59.0 Å². The molecule has 4 aromatic rings. The van der Waals surface area contributed by atoms with Crippen molar-refractivity contribution in [1.82, 2.24) is 19.8 Å². The monoisotopic (exact) mass is 592 g/mol. The number of nitrogens with zero attached hydrogens (tertiary/aromatic N) is 3. The molecule has 1 fully saturated rings. The number of anilines is 3. The Hall–Kier alpha value is -4.76. The summed E-state index contributed by atoms with van der Waals surface area (Å²) in [6, 6.07) is 20.4. The van der Waals surface area contributed by atoms with Crippen molar-refractivity contribution < 1.29 is 9.59 Å². The van der Waals surface area contributed by atoms with Crippen molar-refractivity contribution in [2.24, 2.45) is 7.05 Å². The second-order valence-corrected chi connectivity index (χ2v) is 12.2. The number of carbonyl (C=O) groups is 2. The van der Waals surface area contributed by atoms with E-state index in [1.54, 1.807) is 37.5 Å². The van der Waals surface area contributed by atoms with Crippen LogP contribution in [-0.4, -0.2) is 52.4 Å². The summed E-state index contributed by atoms with van der Waals surface area (Å²) < 4.78 is 1.48.